The van der Waals surface area contributed by atoms with E-state index in [4.69, 9.17) is 34.2 Å². The van der Waals surface area contributed by atoms with E-state index in [1.165, 1.54) is 64.2 Å². The predicted octanol–water partition coefficient (Wildman–Crippen LogP) is 10.3. The number of hydrogen-bond donors (Lipinski definition) is 3. The van der Waals surface area contributed by atoms with Gasteiger partial charge in [-0.2, -0.15) is 0 Å². The molecule has 0 rings (SSSR count). The molecule has 9 heteroatoms. The fourth-order valence-electron chi connectivity index (χ4n) is 6.68. The molecule has 0 aliphatic rings. The summed E-state index contributed by atoms with van der Waals surface area (Å²) in [5.74, 6) is -5.32. The van der Waals surface area contributed by atoms with Crippen molar-refractivity contribution in [1.82, 2.24) is 0 Å². The minimum Gasteiger partial charge on any atom is -0.393 e. The molecular weight excluding hydrogens is 646 g/mol. The largest absolute Gasteiger partial charge is 0.393 e. The van der Waals surface area contributed by atoms with Gasteiger partial charge < -0.3 is 38.6 Å². The van der Waals surface area contributed by atoms with E-state index in [-0.39, 0.29) is 6.61 Å². The first-order valence-electron chi connectivity index (χ1n) is 21.6. The van der Waals surface area contributed by atoms with Crippen LogP contribution >= 0.6 is 0 Å². The summed E-state index contributed by atoms with van der Waals surface area (Å²) < 4.78 is 41.3. The molecule has 0 heterocycles. The fraction of sp³-hybridized carbons (Fsp3) is 1.00. The molecule has 6 unspecified atom stereocenters. The highest BCUT2D eigenvalue weighted by molar-refractivity contribution is 5.01. The topological polar surface area (TPSA) is 122 Å². The summed E-state index contributed by atoms with van der Waals surface area (Å²) >= 11 is 0. The number of rotatable bonds is 38. The van der Waals surface area contributed by atoms with Gasteiger partial charge in [-0.25, -0.2) is 0 Å². The maximum atomic E-state index is 10.6. The van der Waals surface area contributed by atoms with Crippen LogP contribution in [-0.2, 0) is 28.4 Å². The van der Waals surface area contributed by atoms with Gasteiger partial charge in [0, 0.05) is 19.6 Å². The highest BCUT2D eigenvalue weighted by Crippen LogP contribution is 2.47. The number of nitrogens with two attached hydrogens (primary N) is 1. The van der Waals surface area contributed by atoms with Gasteiger partial charge in [-0.1, -0.05) is 126 Å². The molecule has 51 heavy (non-hydrogen) atoms. The van der Waals surface area contributed by atoms with Crippen molar-refractivity contribution in [2.45, 2.75) is 245 Å². The molecule has 0 aliphatic carbocycles. The third kappa shape index (κ3) is 19.7. The molecule has 0 aromatic heterocycles. The van der Waals surface area contributed by atoms with Crippen LogP contribution in [0.15, 0.2) is 0 Å². The molecule has 0 aromatic carbocycles. The van der Waals surface area contributed by atoms with Crippen molar-refractivity contribution in [3.63, 3.8) is 0 Å². The van der Waals surface area contributed by atoms with E-state index >= 15 is 0 Å². The van der Waals surface area contributed by atoms with Crippen LogP contribution < -0.4 is 5.73 Å². The van der Waals surface area contributed by atoms with E-state index in [0.29, 0.717) is 64.8 Å². The lowest BCUT2D eigenvalue weighted by atomic mass is 9.92. The minimum absolute atomic E-state index is 0.284. The summed E-state index contributed by atoms with van der Waals surface area (Å²) in [6, 6.07) is 0. The Bertz CT molecular complexity index is 763. The van der Waals surface area contributed by atoms with E-state index in [1.54, 1.807) is 13.8 Å². The first kappa shape index (κ1) is 50.6. The van der Waals surface area contributed by atoms with Gasteiger partial charge in [0.05, 0.1) is 37.6 Å². The standard InChI is InChI=1S/C42H87NO8/c1-10-17-18-19-20-21-22-23-24-25-26-27-28-29-40(46-30-11-2,47-31-12-3)41(48-32-13-4,50-38(15-6)34-36(8)44)42(43,49-33-14-5)51-39(16-7)35-37(9)45/h36-39,44-45H,10-35,43H2,1-9H3. The van der Waals surface area contributed by atoms with Crippen molar-refractivity contribution in [3.05, 3.63) is 0 Å². The van der Waals surface area contributed by atoms with Crippen LogP contribution in [-0.4, -0.2) is 78.5 Å². The highest BCUT2D eigenvalue weighted by atomic mass is 16.8. The third-order valence-corrected chi connectivity index (χ3v) is 9.47. The molecule has 308 valence electrons. The second kappa shape index (κ2) is 30.9. The Morgan fingerprint density at radius 2 is 0.843 bits per heavy atom. The molecule has 9 nitrogen and oxygen atoms in total. The Hall–Kier alpha value is -0.360. The maximum Gasteiger partial charge on any atom is 0.295 e. The summed E-state index contributed by atoms with van der Waals surface area (Å²) in [7, 11) is 0. The zero-order chi connectivity index (χ0) is 38.4. The summed E-state index contributed by atoms with van der Waals surface area (Å²) in [4.78, 5) is 0. The van der Waals surface area contributed by atoms with Crippen molar-refractivity contribution in [1.29, 1.82) is 0 Å². The van der Waals surface area contributed by atoms with Crippen LogP contribution in [0, 0.1) is 0 Å². The Balaban J connectivity index is 6.80. The number of aliphatic hydroxyl groups excluding tert-OH is 2. The van der Waals surface area contributed by atoms with E-state index in [1.807, 2.05) is 27.7 Å². The lowest BCUT2D eigenvalue weighted by molar-refractivity contribution is -0.508. The zero-order valence-corrected chi connectivity index (χ0v) is 35.1. The van der Waals surface area contributed by atoms with Gasteiger partial charge in [0.15, 0.2) is 0 Å². The number of unbranched alkanes of at least 4 members (excludes halogenated alkanes) is 12. The van der Waals surface area contributed by atoms with Crippen LogP contribution in [0.2, 0.25) is 0 Å². The van der Waals surface area contributed by atoms with Crippen LogP contribution in [0.25, 0.3) is 0 Å². The summed E-state index contributed by atoms with van der Waals surface area (Å²) in [6.45, 7) is 19.4. The Morgan fingerprint density at radius 1 is 0.471 bits per heavy atom. The predicted molar refractivity (Wildman–Crippen MR) is 211 cm³/mol. The summed E-state index contributed by atoms with van der Waals surface area (Å²) in [6.07, 6.45) is 19.2. The van der Waals surface area contributed by atoms with Gasteiger partial charge in [-0.15, -0.1) is 0 Å². The second-order valence-electron chi connectivity index (χ2n) is 14.9. The second-order valence-corrected chi connectivity index (χ2v) is 14.9. The summed E-state index contributed by atoms with van der Waals surface area (Å²) in [5.41, 5.74) is 7.46. The van der Waals surface area contributed by atoms with E-state index in [0.717, 1.165) is 32.1 Å². The molecule has 0 aromatic rings. The SMILES string of the molecule is CCCCCCCCCCCCCCCC(OCCC)(OCCC)C(OCCC)(OC(CC)CC(C)O)C(N)(OCCC)OC(CC)CC(C)O. The zero-order valence-electron chi connectivity index (χ0n) is 35.1. The maximum absolute atomic E-state index is 10.6. The van der Waals surface area contributed by atoms with Gasteiger partial charge in [-0.05, 0) is 71.6 Å². The average Bonchev–Trinajstić information content (AvgIpc) is 3.10. The minimum atomic E-state index is -1.97. The van der Waals surface area contributed by atoms with Crippen LogP contribution in [0.3, 0.4) is 0 Å². The quantitative estimate of drug-likeness (QED) is 0.0420. The number of ether oxygens (including phenoxy) is 6. The molecule has 0 saturated carbocycles. The first-order chi connectivity index (χ1) is 24.5. The van der Waals surface area contributed by atoms with Crippen LogP contribution in [0.1, 0.15) is 204 Å². The van der Waals surface area contributed by atoms with Crippen molar-refractivity contribution in [2.75, 3.05) is 26.4 Å². The molecule has 4 N–H and O–H groups in total. The third-order valence-electron chi connectivity index (χ3n) is 9.47. The molecule has 0 amide bonds. The average molecular weight is 734 g/mol. The van der Waals surface area contributed by atoms with Gasteiger partial charge in [0.1, 0.15) is 0 Å². The van der Waals surface area contributed by atoms with Crippen molar-refractivity contribution in [3.8, 4) is 0 Å². The Morgan fingerprint density at radius 3 is 1.24 bits per heavy atom. The van der Waals surface area contributed by atoms with Crippen molar-refractivity contribution >= 4 is 0 Å². The van der Waals surface area contributed by atoms with Gasteiger partial charge in [-0.3, -0.25) is 5.73 Å². The van der Waals surface area contributed by atoms with Gasteiger partial charge >= 0.3 is 0 Å². The lowest BCUT2D eigenvalue weighted by Gasteiger charge is -2.56. The van der Waals surface area contributed by atoms with Gasteiger partial charge in [0.2, 0.25) is 5.79 Å². The number of aliphatic hydroxyl groups is 2. The van der Waals surface area contributed by atoms with Crippen molar-refractivity contribution in [2.24, 2.45) is 5.73 Å². The first-order valence-corrected chi connectivity index (χ1v) is 21.6. The lowest BCUT2D eigenvalue weighted by Crippen LogP contribution is -2.78. The molecule has 0 fully saturated rings. The molecule has 6 atom stereocenters. The fourth-order valence-corrected chi connectivity index (χ4v) is 6.68. The molecule has 0 saturated heterocycles. The van der Waals surface area contributed by atoms with E-state index in [2.05, 4.69) is 20.8 Å². The summed E-state index contributed by atoms with van der Waals surface area (Å²) in [5, 5.41) is 21.0. The van der Waals surface area contributed by atoms with Gasteiger partial charge in [0.25, 0.3) is 11.7 Å². The van der Waals surface area contributed by atoms with E-state index < -0.39 is 41.9 Å². The van der Waals surface area contributed by atoms with E-state index in [9.17, 15) is 10.2 Å². The van der Waals surface area contributed by atoms with Crippen LogP contribution in [0.5, 0.6) is 0 Å². The molecule has 0 bridgehead atoms. The molecule has 0 aliphatic heterocycles. The monoisotopic (exact) mass is 734 g/mol. The Kier molecular flexibility index (Phi) is 30.7. The van der Waals surface area contributed by atoms with Crippen molar-refractivity contribution < 1.29 is 38.6 Å². The molecule has 0 radical (unpaired) electrons. The highest BCUT2D eigenvalue weighted by Gasteiger charge is 2.70. The normalized spacial score (nSPS) is 17.2. The smallest absolute Gasteiger partial charge is 0.295 e. The molecule has 0 spiro atoms. The molecular formula is C42H87NO8. The number of hydrogen-bond acceptors (Lipinski definition) is 9. The van der Waals surface area contributed by atoms with Crippen LogP contribution in [0.4, 0.5) is 0 Å². The Labute approximate surface area is 315 Å².